The highest BCUT2D eigenvalue weighted by Gasteiger charge is 2.15. The van der Waals surface area contributed by atoms with Crippen molar-refractivity contribution in [2.75, 3.05) is 12.8 Å². The van der Waals surface area contributed by atoms with Gasteiger partial charge in [0.05, 0.1) is 13.2 Å². The first-order chi connectivity index (χ1) is 10.0. The number of nitrogen functional groups attached to an aromatic ring is 1. The van der Waals surface area contributed by atoms with Gasteiger partial charge in [-0.2, -0.15) is 0 Å². The van der Waals surface area contributed by atoms with Gasteiger partial charge >= 0.3 is 0 Å². The van der Waals surface area contributed by atoms with E-state index in [2.05, 4.69) is 5.32 Å². The molecule has 0 heterocycles. The quantitative estimate of drug-likeness (QED) is 0.848. The van der Waals surface area contributed by atoms with E-state index in [1.165, 1.54) is 0 Å². The van der Waals surface area contributed by atoms with E-state index in [-0.39, 0.29) is 11.9 Å². The fourth-order valence-corrected chi connectivity index (χ4v) is 2.20. The van der Waals surface area contributed by atoms with Crippen LogP contribution in [0, 0.1) is 6.92 Å². The van der Waals surface area contributed by atoms with Gasteiger partial charge in [-0.1, -0.05) is 18.2 Å². The SMILES string of the molecule is COc1ccccc1C(C)NC(=O)c1ccc(N)c(C)c1. The van der Waals surface area contributed by atoms with E-state index in [1.807, 2.05) is 38.1 Å². The standard InChI is InChI=1S/C17H20N2O2/c1-11-10-13(8-9-15(11)18)17(20)19-12(2)14-6-4-5-7-16(14)21-3/h4-10,12H,18H2,1-3H3,(H,19,20). The highest BCUT2D eigenvalue weighted by Crippen LogP contribution is 2.24. The van der Waals surface area contributed by atoms with Gasteiger partial charge in [-0.3, -0.25) is 4.79 Å². The van der Waals surface area contributed by atoms with Gasteiger partial charge in [-0.15, -0.1) is 0 Å². The molecule has 0 radical (unpaired) electrons. The lowest BCUT2D eigenvalue weighted by atomic mass is 10.1. The molecule has 1 atom stereocenters. The van der Waals surface area contributed by atoms with Gasteiger partial charge in [0.1, 0.15) is 5.75 Å². The van der Waals surface area contributed by atoms with Gasteiger partial charge in [0, 0.05) is 16.8 Å². The van der Waals surface area contributed by atoms with Crippen LogP contribution in [0.15, 0.2) is 42.5 Å². The predicted molar refractivity (Wildman–Crippen MR) is 84.5 cm³/mol. The second kappa shape index (κ2) is 6.31. The average Bonchev–Trinajstić information content (AvgIpc) is 2.49. The summed E-state index contributed by atoms with van der Waals surface area (Å²) in [6.07, 6.45) is 0. The number of ether oxygens (including phenoxy) is 1. The molecule has 0 bridgehead atoms. The zero-order chi connectivity index (χ0) is 15.4. The van der Waals surface area contributed by atoms with Crippen molar-refractivity contribution in [3.63, 3.8) is 0 Å². The maximum atomic E-state index is 12.3. The number of anilines is 1. The molecule has 2 aromatic carbocycles. The zero-order valence-electron chi connectivity index (χ0n) is 12.5. The summed E-state index contributed by atoms with van der Waals surface area (Å²) < 4.78 is 5.32. The van der Waals surface area contributed by atoms with Crippen LogP contribution in [0.1, 0.15) is 34.5 Å². The van der Waals surface area contributed by atoms with Gasteiger partial charge in [-0.05, 0) is 43.7 Å². The third-order valence-corrected chi connectivity index (χ3v) is 3.49. The number of carbonyl (C=O) groups is 1. The predicted octanol–water partition coefficient (Wildman–Crippen LogP) is 3.08. The monoisotopic (exact) mass is 284 g/mol. The number of carbonyl (C=O) groups excluding carboxylic acids is 1. The Balaban J connectivity index is 2.16. The van der Waals surface area contributed by atoms with E-state index in [4.69, 9.17) is 10.5 Å². The summed E-state index contributed by atoms with van der Waals surface area (Å²) in [4.78, 5) is 12.3. The van der Waals surface area contributed by atoms with Gasteiger partial charge in [0.25, 0.3) is 5.91 Å². The number of nitrogens with one attached hydrogen (secondary N) is 1. The van der Waals surface area contributed by atoms with Crippen LogP contribution >= 0.6 is 0 Å². The molecule has 1 amide bonds. The first-order valence-corrected chi connectivity index (χ1v) is 6.83. The summed E-state index contributed by atoms with van der Waals surface area (Å²) in [5.74, 6) is 0.635. The number of methoxy groups -OCH3 is 1. The Morgan fingerprint density at radius 2 is 1.95 bits per heavy atom. The first-order valence-electron chi connectivity index (χ1n) is 6.83. The largest absolute Gasteiger partial charge is 0.496 e. The van der Waals surface area contributed by atoms with Crippen LogP contribution in [0.25, 0.3) is 0 Å². The molecule has 0 saturated heterocycles. The molecule has 0 aliphatic heterocycles. The summed E-state index contributed by atoms with van der Waals surface area (Å²) in [5, 5.41) is 2.97. The second-order valence-corrected chi connectivity index (χ2v) is 5.01. The van der Waals surface area contributed by atoms with Crippen molar-refractivity contribution in [3.05, 3.63) is 59.2 Å². The molecule has 3 N–H and O–H groups in total. The minimum absolute atomic E-state index is 0.128. The fraction of sp³-hybridized carbons (Fsp3) is 0.235. The first kappa shape index (κ1) is 14.9. The third-order valence-electron chi connectivity index (χ3n) is 3.49. The number of aryl methyl sites for hydroxylation is 1. The van der Waals surface area contributed by atoms with Crippen molar-refractivity contribution in [1.29, 1.82) is 0 Å². The smallest absolute Gasteiger partial charge is 0.251 e. The van der Waals surface area contributed by atoms with Crippen LogP contribution in [-0.2, 0) is 0 Å². The molecule has 0 fully saturated rings. The van der Waals surface area contributed by atoms with E-state index in [9.17, 15) is 4.79 Å². The molecule has 21 heavy (non-hydrogen) atoms. The third kappa shape index (κ3) is 3.34. The Hall–Kier alpha value is -2.49. The van der Waals surface area contributed by atoms with Crippen LogP contribution < -0.4 is 15.8 Å². The zero-order valence-corrected chi connectivity index (χ0v) is 12.5. The lowest BCUT2D eigenvalue weighted by Crippen LogP contribution is -2.27. The van der Waals surface area contributed by atoms with Gasteiger partial charge in [-0.25, -0.2) is 0 Å². The van der Waals surface area contributed by atoms with Gasteiger partial charge in [0.2, 0.25) is 0 Å². The highest BCUT2D eigenvalue weighted by molar-refractivity contribution is 5.95. The minimum Gasteiger partial charge on any atom is -0.496 e. The molecule has 0 aliphatic rings. The molecular weight excluding hydrogens is 264 g/mol. The number of benzene rings is 2. The van der Waals surface area contributed by atoms with Gasteiger partial charge in [0.15, 0.2) is 0 Å². The fourth-order valence-electron chi connectivity index (χ4n) is 2.20. The molecule has 0 aromatic heterocycles. The lowest BCUT2D eigenvalue weighted by Gasteiger charge is -2.17. The van der Waals surface area contributed by atoms with Crippen LogP contribution in [0.2, 0.25) is 0 Å². The molecule has 4 heteroatoms. The molecule has 0 aliphatic carbocycles. The Morgan fingerprint density at radius 3 is 2.62 bits per heavy atom. The van der Waals surface area contributed by atoms with Crippen molar-refractivity contribution in [2.45, 2.75) is 19.9 Å². The van der Waals surface area contributed by atoms with Gasteiger partial charge < -0.3 is 15.8 Å². The number of hydrogen-bond donors (Lipinski definition) is 2. The summed E-state index contributed by atoms with van der Waals surface area (Å²) in [6.45, 7) is 3.82. The normalized spacial score (nSPS) is 11.8. The number of hydrogen-bond acceptors (Lipinski definition) is 3. The molecule has 1 unspecified atom stereocenters. The molecular formula is C17H20N2O2. The second-order valence-electron chi connectivity index (χ2n) is 5.01. The van der Waals surface area contributed by atoms with Crippen molar-refractivity contribution in [3.8, 4) is 5.75 Å². The van der Waals surface area contributed by atoms with E-state index in [0.29, 0.717) is 11.3 Å². The summed E-state index contributed by atoms with van der Waals surface area (Å²) in [7, 11) is 1.62. The van der Waals surface area contributed by atoms with Crippen molar-refractivity contribution < 1.29 is 9.53 Å². The average molecular weight is 284 g/mol. The van der Waals surface area contributed by atoms with Crippen molar-refractivity contribution >= 4 is 11.6 Å². The number of amides is 1. The Labute approximate surface area is 124 Å². The van der Waals surface area contributed by atoms with E-state index in [1.54, 1.807) is 25.3 Å². The summed E-state index contributed by atoms with van der Waals surface area (Å²) >= 11 is 0. The molecule has 2 aromatic rings. The van der Waals surface area contributed by atoms with Crippen LogP contribution in [0.3, 0.4) is 0 Å². The van der Waals surface area contributed by atoms with Crippen LogP contribution in [0.5, 0.6) is 5.75 Å². The Bertz CT molecular complexity index is 653. The van der Waals surface area contributed by atoms with E-state index < -0.39 is 0 Å². The van der Waals surface area contributed by atoms with Crippen LogP contribution in [-0.4, -0.2) is 13.0 Å². The summed E-state index contributed by atoms with van der Waals surface area (Å²) in [5.41, 5.74) is 8.90. The summed E-state index contributed by atoms with van der Waals surface area (Å²) in [6, 6.07) is 12.8. The highest BCUT2D eigenvalue weighted by atomic mass is 16.5. The molecule has 0 spiro atoms. The van der Waals surface area contributed by atoms with Crippen LogP contribution in [0.4, 0.5) is 5.69 Å². The minimum atomic E-state index is -0.147. The van der Waals surface area contributed by atoms with E-state index in [0.717, 1.165) is 16.9 Å². The molecule has 110 valence electrons. The molecule has 4 nitrogen and oxygen atoms in total. The maximum Gasteiger partial charge on any atom is 0.251 e. The number of nitrogens with two attached hydrogens (primary N) is 1. The Morgan fingerprint density at radius 1 is 1.24 bits per heavy atom. The maximum absolute atomic E-state index is 12.3. The van der Waals surface area contributed by atoms with Crippen molar-refractivity contribution in [1.82, 2.24) is 5.32 Å². The molecule has 2 rings (SSSR count). The lowest BCUT2D eigenvalue weighted by molar-refractivity contribution is 0.0939. The number of rotatable bonds is 4. The molecule has 0 saturated carbocycles. The van der Waals surface area contributed by atoms with E-state index >= 15 is 0 Å². The van der Waals surface area contributed by atoms with Crippen molar-refractivity contribution in [2.24, 2.45) is 0 Å². The Kier molecular flexibility index (Phi) is 4.48. The number of para-hydroxylation sites is 1. The topological polar surface area (TPSA) is 64.3 Å².